The monoisotopic (exact) mass is 477 g/mol. The number of thiazole rings is 1. The van der Waals surface area contributed by atoms with Crippen LogP contribution in [0, 0.1) is 6.92 Å². The summed E-state index contributed by atoms with van der Waals surface area (Å²) in [5.74, 6) is 1.64. The minimum Gasteiger partial charge on any atom is -0.326 e. The van der Waals surface area contributed by atoms with Crippen LogP contribution in [-0.2, 0) is 24.2 Å². The molecule has 3 heterocycles. The molecule has 0 unspecified atom stereocenters. The van der Waals surface area contributed by atoms with Crippen LogP contribution in [0.1, 0.15) is 36.3 Å². The van der Waals surface area contributed by atoms with Gasteiger partial charge in [-0.25, -0.2) is 4.98 Å². The Hall–Kier alpha value is -3.03. The number of aryl methyl sites for hydroxylation is 2. The van der Waals surface area contributed by atoms with Crippen molar-refractivity contribution in [1.82, 2.24) is 19.7 Å². The third-order valence-electron chi connectivity index (χ3n) is 5.79. The van der Waals surface area contributed by atoms with Gasteiger partial charge in [-0.2, -0.15) is 0 Å². The summed E-state index contributed by atoms with van der Waals surface area (Å²) in [6.45, 7) is 2.94. The molecule has 5 rings (SSSR count). The van der Waals surface area contributed by atoms with Gasteiger partial charge >= 0.3 is 0 Å². The SMILES string of the molecule is Cc1ccc(-c2nc(CC(=O)Nc3ccc(Cl)c(-c4nnc5n4CCCCC5)c3)cs2)cc1. The van der Waals surface area contributed by atoms with Gasteiger partial charge in [0, 0.05) is 35.2 Å². The molecular weight excluding hydrogens is 454 g/mol. The van der Waals surface area contributed by atoms with Crippen LogP contribution in [-0.4, -0.2) is 25.7 Å². The lowest BCUT2D eigenvalue weighted by Crippen LogP contribution is -2.14. The predicted molar refractivity (Wildman–Crippen MR) is 133 cm³/mol. The average Bonchev–Trinajstić information content (AvgIpc) is 3.36. The molecule has 1 aliphatic heterocycles. The van der Waals surface area contributed by atoms with Crippen molar-refractivity contribution < 1.29 is 4.79 Å². The Morgan fingerprint density at radius 3 is 2.82 bits per heavy atom. The second kappa shape index (κ2) is 9.45. The van der Waals surface area contributed by atoms with Crippen LogP contribution in [0.2, 0.25) is 5.02 Å². The Kier molecular flexibility index (Phi) is 6.24. The molecule has 1 amide bonds. The first-order valence-corrected chi connectivity index (χ1v) is 12.4. The lowest BCUT2D eigenvalue weighted by Gasteiger charge is -2.11. The van der Waals surface area contributed by atoms with E-state index in [0.717, 1.165) is 59.3 Å². The molecule has 8 heteroatoms. The molecule has 1 aliphatic rings. The summed E-state index contributed by atoms with van der Waals surface area (Å²) in [6, 6.07) is 13.7. The van der Waals surface area contributed by atoms with Gasteiger partial charge < -0.3 is 9.88 Å². The van der Waals surface area contributed by atoms with Crippen molar-refractivity contribution in [3.8, 4) is 22.0 Å². The first-order chi connectivity index (χ1) is 16.1. The third kappa shape index (κ3) is 4.84. The van der Waals surface area contributed by atoms with Crippen LogP contribution >= 0.6 is 22.9 Å². The fourth-order valence-corrected chi connectivity index (χ4v) is 5.07. The van der Waals surface area contributed by atoms with E-state index in [9.17, 15) is 4.79 Å². The van der Waals surface area contributed by atoms with Crippen molar-refractivity contribution in [3.63, 3.8) is 0 Å². The number of aromatic nitrogens is 4. The van der Waals surface area contributed by atoms with Gasteiger partial charge in [0.2, 0.25) is 5.91 Å². The van der Waals surface area contributed by atoms with Gasteiger partial charge in [-0.15, -0.1) is 21.5 Å². The van der Waals surface area contributed by atoms with Gasteiger partial charge in [-0.05, 0) is 38.0 Å². The Balaban J connectivity index is 1.31. The van der Waals surface area contributed by atoms with Crippen LogP contribution in [0.4, 0.5) is 5.69 Å². The molecule has 33 heavy (non-hydrogen) atoms. The third-order valence-corrected chi connectivity index (χ3v) is 7.06. The highest BCUT2D eigenvalue weighted by atomic mass is 35.5. The number of hydrogen-bond acceptors (Lipinski definition) is 5. The van der Waals surface area contributed by atoms with Gasteiger partial charge in [-0.3, -0.25) is 4.79 Å². The summed E-state index contributed by atoms with van der Waals surface area (Å²) in [4.78, 5) is 17.4. The van der Waals surface area contributed by atoms with E-state index in [2.05, 4.69) is 56.3 Å². The van der Waals surface area contributed by atoms with E-state index in [4.69, 9.17) is 11.6 Å². The summed E-state index contributed by atoms with van der Waals surface area (Å²) in [5, 5.41) is 15.2. The van der Waals surface area contributed by atoms with Crippen molar-refractivity contribution in [1.29, 1.82) is 0 Å². The van der Waals surface area contributed by atoms with E-state index >= 15 is 0 Å². The van der Waals surface area contributed by atoms with E-state index < -0.39 is 0 Å². The molecule has 168 valence electrons. The summed E-state index contributed by atoms with van der Waals surface area (Å²) in [6.07, 6.45) is 4.56. The van der Waals surface area contributed by atoms with Crippen LogP contribution < -0.4 is 5.32 Å². The maximum Gasteiger partial charge on any atom is 0.230 e. The molecule has 0 atom stereocenters. The summed E-state index contributed by atoms with van der Waals surface area (Å²) in [5.41, 5.74) is 4.49. The first kappa shape index (κ1) is 21.8. The highest BCUT2D eigenvalue weighted by Gasteiger charge is 2.19. The van der Waals surface area contributed by atoms with Crippen LogP contribution in [0.25, 0.3) is 22.0 Å². The van der Waals surface area contributed by atoms with Crippen molar-refractivity contribution >= 4 is 34.5 Å². The molecule has 0 fully saturated rings. The van der Waals surface area contributed by atoms with E-state index in [1.807, 2.05) is 17.5 Å². The number of benzene rings is 2. The van der Waals surface area contributed by atoms with Crippen LogP contribution in [0.5, 0.6) is 0 Å². The number of carbonyl (C=O) groups is 1. The molecule has 2 aromatic carbocycles. The van der Waals surface area contributed by atoms with E-state index in [1.54, 1.807) is 17.4 Å². The number of nitrogens with zero attached hydrogens (tertiary/aromatic N) is 4. The van der Waals surface area contributed by atoms with Crippen LogP contribution in [0.3, 0.4) is 0 Å². The van der Waals surface area contributed by atoms with Crippen molar-refractivity contribution in [2.45, 2.75) is 45.6 Å². The molecule has 0 spiro atoms. The minimum absolute atomic E-state index is 0.121. The van der Waals surface area contributed by atoms with Gasteiger partial charge in [0.15, 0.2) is 5.82 Å². The summed E-state index contributed by atoms with van der Waals surface area (Å²) < 4.78 is 2.15. The van der Waals surface area contributed by atoms with Crippen molar-refractivity contribution in [3.05, 3.63) is 69.9 Å². The summed E-state index contributed by atoms with van der Waals surface area (Å²) >= 11 is 8.05. The fourth-order valence-electron chi connectivity index (χ4n) is 4.05. The van der Waals surface area contributed by atoms with Gasteiger partial charge in [0.25, 0.3) is 0 Å². The largest absolute Gasteiger partial charge is 0.326 e. The number of carbonyl (C=O) groups excluding carboxylic acids is 1. The average molecular weight is 478 g/mol. The molecule has 2 aromatic heterocycles. The van der Waals surface area contributed by atoms with Gasteiger partial charge in [0.05, 0.1) is 17.1 Å². The summed E-state index contributed by atoms with van der Waals surface area (Å²) in [7, 11) is 0. The van der Waals surface area contributed by atoms with Crippen LogP contribution in [0.15, 0.2) is 47.8 Å². The fraction of sp³-hybridized carbons (Fsp3) is 0.280. The highest BCUT2D eigenvalue weighted by Crippen LogP contribution is 2.31. The number of anilines is 1. The number of fused-ring (bicyclic) bond motifs is 1. The van der Waals surface area contributed by atoms with E-state index in [1.165, 1.54) is 12.0 Å². The quantitative estimate of drug-likeness (QED) is 0.386. The standard InChI is InChI=1S/C25H24ClN5OS/c1-16-6-8-17(9-7-16)25-28-19(15-33-25)14-23(32)27-18-10-11-21(26)20(13-18)24-30-29-22-5-3-2-4-12-31(22)24/h6-11,13,15H,2-5,12,14H2,1H3,(H,27,32). The minimum atomic E-state index is -0.121. The number of nitrogens with one attached hydrogen (secondary N) is 1. The number of hydrogen-bond donors (Lipinski definition) is 1. The maximum atomic E-state index is 12.7. The lowest BCUT2D eigenvalue weighted by atomic mass is 10.1. The molecule has 6 nitrogen and oxygen atoms in total. The molecule has 0 saturated heterocycles. The second-order valence-electron chi connectivity index (χ2n) is 8.33. The van der Waals surface area contributed by atoms with Crippen molar-refractivity contribution in [2.75, 3.05) is 5.32 Å². The Morgan fingerprint density at radius 2 is 1.97 bits per heavy atom. The van der Waals surface area contributed by atoms with E-state index in [0.29, 0.717) is 10.7 Å². The van der Waals surface area contributed by atoms with Gasteiger partial charge in [0.1, 0.15) is 10.8 Å². The molecule has 0 radical (unpaired) electrons. The predicted octanol–water partition coefficient (Wildman–Crippen LogP) is 5.94. The smallest absolute Gasteiger partial charge is 0.230 e. The number of amides is 1. The Labute approximate surface area is 201 Å². The van der Waals surface area contributed by atoms with Crippen molar-refractivity contribution in [2.24, 2.45) is 0 Å². The molecule has 4 aromatic rings. The molecule has 0 saturated carbocycles. The highest BCUT2D eigenvalue weighted by molar-refractivity contribution is 7.13. The molecule has 0 bridgehead atoms. The van der Waals surface area contributed by atoms with Gasteiger partial charge in [-0.1, -0.05) is 47.9 Å². The topological polar surface area (TPSA) is 72.7 Å². The zero-order valence-electron chi connectivity index (χ0n) is 18.3. The Bertz CT molecular complexity index is 1290. The van der Waals surface area contributed by atoms with E-state index in [-0.39, 0.29) is 12.3 Å². The Morgan fingerprint density at radius 1 is 1.12 bits per heavy atom. The molecular formula is C25H24ClN5OS. The molecule has 1 N–H and O–H groups in total. The number of halogens is 1. The normalized spacial score (nSPS) is 13.4. The lowest BCUT2D eigenvalue weighted by molar-refractivity contribution is -0.115. The zero-order valence-corrected chi connectivity index (χ0v) is 19.9. The first-order valence-electron chi connectivity index (χ1n) is 11.1. The second-order valence-corrected chi connectivity index (χ2v) is 9.60. The molecule has 0 aliphatic carbocycles. The zero-order chi connectivity index (χ0) is 22.8. The maximum absolute atomic E-state index is 12.7. The number of rotatable bonds is 5.